The van der Waals surface area contributed by atoms with E-state index < -0.39 is 0 Å². The van der Waals surface area contributed by atoms with Gasteiger partial charge in [-0.15, -0.1) is 0 Å². The summed E-state index contributed by atoms with van der Waals surface area (Å²) in [4.78, 5) is 0. The van der Waals surface area contributed by atoms with Crippen LogP contribution >= 0.6 is 0 Å². The van der Waals surface area contributed by atoms with Gasteiger partial charge >= 0.3 is 0 Å². The van der Waals surface area contributed by atoms with E-state index in [1.54, 1.807) is 6.07 Å². The van der Waals surface area contributed by atoms with Crippen LogP contribution in [-0.4, -0.2) is 0 Å². The zero-order valence-electron chi connectivity index (χ0n) is 10.8. The highest BCUT2D eigenvalue weighted by molar-refractivity contribution is 5.21. The molecule has 0 N–H and O–H groups in total. The third-order valence-corrected chi connectivity index (χ3v) is 3.24. The zero-order valence-corrected chi connectivity index (χ0v) is 10.8. The molecule has 0 spiro atoms. The summed E-state index contributed by atoms with van der Waals surface area (Å²) in [5.41, 5.74) is 3.50. The van der Waals surface area contributed by atoms with Crippen molar-refractivity contribution in [3.63, 3.8) is 0 Å². The second kappa shape index (κ2) is 6.34. The van der Waals surface area contributed by atoms with Gasteiger partial charge in [-0.05, 0) is 49.8 Å². The van der Waals surface area contributed by atoms with Crippen molar-refractivity contribution in [1.82, 2.24) is 0 Å². The van der Waals surface area contributed by atoms with Crippen molar-refractivity contribution < 1.29 is 4.39 Å². The van der Waals surface area contributed by atoms with E-state index in [-0.39, 0.29) is 5.82 Å². The first-order chi connectivity index (χ1) is 8.75. The summed E-state index contributed by atoms with van der Waals surface area (Å²) in [6.07, 6.45) is 4.06. The quantitative estimate of drug-likeness (QED) is 0.667. The van der Waals surface area contributed by atoms with Crippen LogP contribution in [-0.2, 0) is 12.8 Å². The van der Waals surface area contributed by atoms with Gasteiger partial charge < -0.3 is 0 Å². The lowest BCUT2D eigenvalue weighted by Crippen LogP contribution is -1.92. The van der Waals surface area contributed by atoms with Crippen molar-refractivity contribution in [3.8, 4) is 0 Å². The van der Waals surface area contributed by atoms with Crippen LogP contribution in [0, 0.1) is 12.7 Å². The molecule has 0 amide bonds. The van der Waals surface area contributed by atoms with E-state index in [1.165, 1.54) is 17.2 Å². The molecule has 0 atom stereocenters. The topological polar surface area (TPSA) is 0 Å². The summed E-state index contributed by atoms with van der Waals surface area (Å²) in [6.45, 7) is 2.10. The second-order valence-electron chi connectivity index (χ2n) is 4.78. The number of aryl methyl sites for hydroxylation is 3. The summed E-state index contributed by atoms with van der Waals surface area (Å²) >= 11 is 0. The van der Waals surface area contributed by atoms with Gasteiger partial charge in [0.1, 0.15) is 5.82 Å². The summed E-state index contributed by atoms with van der Waals surface area (Å²) in [6, 6.07) is 15.7. The van der Waals surface area contributed by atoms with E-state index in [2.05, 4.69) is 31.2 Å². The van der Waals surface area contributed by atoms with Crippen LogP contribution in [0.25, 0.3) is 0 Å². The molecule has 0 radical (unpaired) electrons. The lowest BCUT2D eigenvalue weighted by molar-refractivity contribution is 0.600. The van der Waals surface area contributed by atoms with E-state index in [0.717, 1.165) is 31.2 Å². The molecule has 0 aliphatic carbocycles. The molecule has 0 aliphatic rings. The number of halogens is 1. The average molecular weight is 242 g/mol. The predicted octanol–water partition coefficient (Wildman–Crippen LogP) is 4.70. The van der Waals surface area contributed by atoms with Gasteiger partial charge in [0, 0.05) is 0 Å². The van der Waals surface area contributed by atoms with E-state index in [4.69, 9.17) is 0 Å². The number of rotatable bonds is 5. The molecule has 1 heteroatoms. The Balaban J connectivity index is 1.76. The molecule has 2 aromatic carbocycles. The maximum atomic E-state index is 13.4. The smallest absolute Gasteiger partial charge is 0.126 e. The van der Waals surface area contributed by atoms with Crippen LogP contribution in [0.1, 0.15) is 29.5 Å². The molecule has 0 bridgehead atoms. The molecule has 0 aromatic heterocycles. The number of benzene rings is 2. The van der Waals surface area contributed by atoms with Gasteiger partial charge in [-0.2, -0.15) is 0 Å². The highest BCUT2D eigenvalue weighted by Crippen LogP contribution is 2.12. The molecule has 0 nitrogen and oxygen atoms in total. The summed E-state index contributed by atoms with van der Waals surface area (Å²) in [5, 5.41) is 0. The van der Waals surface area contributed by atoms with Crippen molar-refractivity contribution in [2.45, 2.75) is 32.6 Å². The average Bonchev–Trinajstić information content (AvgIpc) is 2.39. The predicted molar refractivity (Wildman–Crippen MR) is 74.2 cm³/mol. The highest BCUT2D eigenvalue weighted by Gasteiger charge is 2.00. The Morgan fingerprint density at radius 1 is 0.833 bits per heavy atom. The van der Waals surface area contributed by atoms with Crippen LogP contribution in [0.3, 0.4) is 0 Å². The lowest BCUT2D eigenvalue weighted by Gasteiger charge is -2.04. The molecule has 0 saturated carbocycles. The van der Waals surface area contributed by atoms with E-state index in [0.29, 0.717) is 0 Å². The third-order valence-electron chi connectivity index (χ3n) is 3.24. The van der Waals surface area contributed by atoms with Crippen molar-refractivity contribution >= 4 is 0 Å². The fraction of sp³-hybridized carbons (Fsp3) is 0.294. The molecule has 2 rings (SSSR count). The van der Waals surface area contributed by atoms with E-state index >= 15 is 0 Å². The molecular formula is C17H19F. The van der Waals surface area contributed by atoms with Gasteiger partial charge in [0.2, 0.25) is 0 Å². The molecule has 0 heterocycles. The summed E-state index contributed by atoms with van der Waals surface area (Å²) in [5.74, 6) is -0.0761. The minimum Gasteiger partial charge on any atom is -0.207 e. The van der Waals surface area contributed by atoms with Gasteiger partial charge in [0.05, 0.1) is 0 Å². The van der Waals surface area contributed by atoms with Gasteiger partial charge in [0.15, 0.2) is 0 Å². The van der Waals surface area contributed by atoms with E-state index in [1.807, 2.05) is 12.1 Å². The molecular weight excluding hydrogens is 223 g/mol. The monoisotopic (exact) mass is 242 g/mol. The minimum atomic E-state index is -0.0761. The van der Waals surface area contributed by atoms with Gasteiger partial charge in [-0.3, -0.25) is 0 Å². The molecule has 94 valence electrons. The van der Waals surface area contributed by atoms with Crippen LogP contribution in [0.2, 0.25) is 0 Å². The fourth-order valence-electron chi connectivity index (χ4n) is 2.10. The Bertz CT molecular complexity index is 485. The number of unbranched alkanes of at least 4 members (excludes halogenated alkanes) is 1. The molecule has 2 aromatic rings. The number of hydrogen-bond donors (Lipinski definition) is 0. The largest absolute Gasteiger partial charge is 0.207 e. The standard InChI is InChI=1S/C17H19F/c1-14-10-12-15(13-11-14)6-2-3-7-16-8-4-5-9-17(16)18/h4-5,8-13H,2-3,6-7H2,1H3. The van der Waals surface area contributed by atoms with E-state index in [9.17, 15) is 4.39 Å². The summed E-state index contributed by atoms with van der Waals surface area (Å²) in [7, 11) is 0. The maximum absolute atomic E-state index is 13.4. The fourth-order valence-corrected chi connectivity index (χ4v) is 2.10. The Morgan fingerprint density at radius 3 is 2.22 bits per heavy atom. The van der Waals surface area contributed by atoms with Gasteiger partial charge in [-0.25, -0.2) is 4.39 Å². The Hall–Kier alpha value is -1.63. The minimum absolute atomic E-state index is 0.0761. The third kappa shape index (κ3) is 3.69. The van der Waals surface area contributed by atoms with Crippen molar-refractivity contribution in [2.75, 3.05) is 0 Å². The SMILES string of the molecule is Cc1ccc(CCCCc2ccccc2F)cc1. The van der Waals surface area contributed by atoms with Crippen LogP contribution < -0.4 is 0 Å². The lowest BCUT2D eigenvalue weighted by atomic mass is 10.0. The first kappa shape index (κ1) is 12.8. The van der Waals surface area contributed by atoms with Gasteiger partial charge in [-0.1, -0.05) is 48.0 Å². The van der Waals surface area contributed by atoms with Crippen molar-refractivity contribution in [2.24, 2.45) is 0 Å². The molecule has 0 fully saturated rings. The Morgan fingerprint density at radius 2 is 1.50 bits per heavy atom. The molecule has 0 unspecified atom stereocenters. The van der Waals surface area contributed by atoms with Crippen LogP contribution in [0.4, 0.5) is 4.39 Å². The Kier molecular flexibility index (Phi) is 4.52. The van der Waals surface area contributed by atoms with Gasteiger partial charge in [0.25, 0.3) is 0 Å². The first-order valence-corrected chi connectivity index (χ1v) is 6.54. The second-order valence-corrected chi connectivity index (χ2v) is 4.78. The number of hydrogen-bond acceptors (Lipinski definition) is 0. The zero-order chi connectivity index (χ0) is 12.8. The normalized spacial score (nSPS) is 10.6. The maximum Gasteiger partial charge on any atom is 0.126 e. The van der Waals surface area contributed by atoms with Crippen molar-refractivity contribution in [3.05, 3.63) is 71.0 Å². The molecule has 0 aliphatic heterocycles. The Labute approximate surface area is 108 Å². The van der Waals surface area contributed by atoms with Crippen LogP contribution in [0.5, 0.6) is 0 Å². The van der Waals surface area contributed by atoms with Crippen molar-refractivity contribution in [1.29, 1.82) is 0 Å². The molecule has 0 saturated heterocycles. The van der Waals surface area contributed by atoms with Crippen LogP contribution in [0.15, 0.2) is 48.5 Å². The highest BCUT2D eigenvalue weighted by atomic mass is 19.1. The first-order valence-electron chi connectivity index (χ1n) is 6.54. The summed E-state index contributed by atoms with van der Waals surface area (Å²) < 4.78 is 13.4. The molecule has 18 heavy (non-hydrogen) atoms.